The Labute approximate surface area is 146 Å². The van der Waals surface area contributed by atoms with Crippen LogP contribution in [-0.2, 0) is 12.8 Å². The van der Waals surface area contributed by atoms with Crippen molar-refractivity contribution in [2.45, 2.75) is 31.6 Å². The average molecular weight is 358 g/mol. The first-order chi connectivity index (χ1) is 12.5. The van der Waals surface area contributed by atoms with Crippen molar-refractivity contribution < 1.29 is 18.7 Å². The molecule has 0 saturated carbocycles. The topological polar surface area (TPSA) is 141 Å². The smallest absolute Gasteiger partial charge is 0.406 e. The predicted octanol–water partition coefficient (Wildman–Crippen LogP) is 3.74. The van der Waals surface area contributed by atoms with Crippen LogP contribution in [0.1, 0.15) is 35.8 Å². The van der Waals surface area contributed by atoms with E-state index in [1.54, 1.807) is 6.07 Å². The second-order valence-electron chi connectivity index (χ2n) is 6.15. The molecule has 1 aliphatic rings. The lowest BCUT2D eigenvalue weighted by Crippen LogP contribution is -2.11. The fourth-order valence-electron chi connectivity index (χ4n) is 3.42. The van der Waals surface area contributed by atoms with Crippen LogP contribution >= 0.6 is 0 Å². The highest BCUT2D eigenvalue weighted by Crippen LogP contribution is 2.39. The van der Waals surface area contributed by atoms with E-state index in [1.165, 1.54) is 18.2 Å². The highest BCUT2D eigenvalue weighted by molar-refractivity contribution is 5.60. The quantitative estimate of drug-likeness (QED) is 0.540. The molecule has 10 nitrogen and oxygen atoms in total. The Balaban J connectivity index is 1.61. The molecule has 1 N–H and O–H groups in total. The van der Waals surface area contributed by atoms with Gasteiger partial charge in [0.1, 0.15) is 21.3 Å². The molecule has 10 heteroatoms. The van der Waals surface area contributed by atoms with E-state index < -0.39 is 9.85 Å². The molecule has 1 aliphatic carbocycles. The van der Waals surface area contributed by atoms with Crippen molar-refractivity contribution in [3.63, 3.8) is 0 Å². The maximum atomic E-state index is 10.8. The molecule has 4 rings (SSSR count). The molecule has 0 fully saturated rings. The highest BCUT2D eigenvalue weighted by atomic mass is 16.7. The number of aromatic nitrogens is 2. The SMILES string of the molecule is O=[N+]([O-])c1ccc(CC2CCCc3c(-c4ccc([N+](=O)[O-])o4)n[nH]c32)o1. The number of fused-ring (bicyclic) bond motifs is 1. The van der Waals surface area contributed by atoms with Crippen LogP contribution < -0.4 is 0 Å². The Kier molecular flexibility index (Phi) is 3.79. The van der Waals surface area contributed by atoms with Crippen LogP contribution in [0.3, 0.4) is 0 Å². The number of hydrogen-bond acceptors (Lipinski definition) is 7. The molecule has 0 aliphatic heterocycles. The van der Waals surface area contributed by atoms with Crippen LogP contribution in [0.5, 0.6) is 0 Å². The number of nitrogens with one attached hydrogen (secondary N) is 1. The first-order valence-electron chi connectivity index (χ1n) is 8.07. The summed E-state index contributed by atoms with van der Waals surface area (Å²) in [5, 5.41) is 28.8. The van der Waals surface area contributed by atoms with Crippen molar-refractivity contribution in [3.8, 4) is 11.5 Å². The summed E-state index contributed by atoms with van der Waals surface area (Å²) in [6, 6.07) is 5.80. The standard InChI is InChI=1S/C16H14N4O6/c21-19(22)13-6-4-10(25-13)8-9-2-1-3-11-15(9)17-18-16(11)12-5-7-14(26-12)20(23)24/h4-7,9H,1-3,8H2,(H,17,18). The van der Waals surface area contributed by atoms with Gasteiger partial charge in [-0.3, -0.25) is 25.3 Å². The van der Waals surface area contributed by atoms with E-state index in [9.17, 15) is 20.2 Å². The molecule has 134 valence electrons. The van der Waals surface area contributed by atoms with Crippen molar-refractivity contribution in [2.75, 3.05) is 0 Å². The lowest BCUT2D eigenvalue weighted by atomic mass is 9.84. The lowest BCUT2D eigenvalue weighted by Gasteiger charge is -2.21. The van der Waals surface area contributed by atoms with Gasteiger partial charge in [-0.15, -0.1) is 0 Å². The number of H-pyrrole nitrogens is 1. The molecule has 3 aromatic heterocycles. The van der Waals surface area contributed by atoms with Gasteiger partial charge in [-0.1, -0.05) is 0 Å². The van der Waals surface area contributed by atoms with Gasteiger partial charge in [0.25, 0.3) is 0 Å². The maximum absolute atomic E-state index is 10.8. The van der Waals surface area contributed by atoms with Crippen molar-refractivity contribution in [3.05, 3.63) is 61.5 Å². The first kappa shape index (κ1) is 16.1. The highest BCUT2D eigenvalue weighted by Gasteiger charge is 2.29. The van der Waals surface area contributed by atoms with E-state index in [2.05, 4.69) is 10.2 Å². The van der Waals surface area contributed by atoms with E-state index in [-0.39, 0.29) is 17.7 Å². The molecule has 0 amide bonds. The van der Waals surface area contributed by atoms with E-state index in [4.69, 9.17) is 8.83 Å². The van der Waals surface area contributed by atoms with Gasteiger partial charge in [0.15, 0.2) is 5.76 Å². The number of nitrogens with zero attached hydrogens (tertiary/aromatic N) is 3. The molecule has 3 heterocycles. The summed E-state index contributed by atoms with van der Waals surface area (Å²) in [6.45, 7) is 0. The minimum Gasteiger partial charge on any atom is -0.406 e. The van der Waals surface area contributed by atoms with E-state index in [0.717, 1.165) is 30.5 Å². The zero-order valence-electron chi connectivity index (χ0n) is 13.5. The van der Waals surface area contributed by atoms with Crippen LogP contribution in [0, 0.1) is 20.2 Å². The zero-order valence-corrected chi connectivity index (χ0v) is 13.5. The maximum Gasteiger partial charge on any atom is 0.433 e. The third kappa shape index (κ3) is 2.75. The summed E-state index contributed by atoms with van der Waals surface area (Å²) in [5.41, 5.74) is 2.46. The number of aromatic amines is 1. The number of rotatable bonds is 5. The first-order valence-corrected chi connectivity index (χ1v) is 8.07. The van der Waals surface area contributed by atoms with Crippen LogP contribution in [-0.4, -0.2) is 20.0 Å². The summed E-state index contributed by atoms with van der Waals surface area (Å²) in [6.07, 6.45) is 3.10. The van der Waals surface area contributed by atoms with Crippen molar-refractivity contribution >= 4 is 11.8 Å². The largest absolute Gasteiger partial charge is 0.433 e. The van der Waals surface area contributed by atoms with Gasteiger partial charge in [0.2, 0.25) is 0 Å². The van der Waals surface area contributed by atoms with Crippen LogP contribution in [0.25, 0.3) is 11.5 Å². The van der Waals surface area contributed by atoms with E-state index in [1.807, 2.05) is 0 Å². The fourth-order valence-corrected chi connectivity index (χ4v) is 3.42. The number of hydrogen-bond donors (Lipinski definition) is 1. The molecular weight excluding hydrogens is 344 g/mol. The second kappa shape index (κ2) is 6.14. The Hall–Kier alpha value is -3.43. The van der Waals surface area contributed by atoms with Gasteiger partial charge < -0.3 is 8.83 Å². The predicted molar refractivity (Wildman–Crippen MR) is 87.7 cm³/mol. The number of nitro groups is 2. The minimum absolute atomic E-state index is 0.0794. The fraction of sp³-hybridized carbons (Fsp3) is 0.312. The van der Waals surface area contributed by atoms with E-state index >= 15 is 0 Å². The molecule has 0 spiro atoms. The monoisotopic (exact) mass is 358 g/mol. The molecule has 0 aromatic carbocycles. The molecular formula is C16H14N4O6. The van der Waals surface area contributed by atoms with Gasteiger partial charge in [-0.05, 0) is 31.4 Å². The zero-order chi connectivity index (χ0) is 18.3. The van der Waals surface area contributed by atoms with E-state index in [0.29, 0.717) is 23.6 Å². The van der Waals surface area contributed by atoms with Gasteiger partial charge >= 0.3 is 11.8 Å². The number of furan rings is 2. The van der Waals surface area contributed by atoms with Gasteiger partial charge in [-0.25, -0.2) is 0 Å². The molecule has 0 radical (unpaired) electrons. The summed E-state index contributed by atoms with van der Waals surface area (Å²) in [7, 11) is 0. The van der Waals surface area contributed by atoms with Crippen LogP contribution in [0.4, 0.5) is 11.8 Å². The summed E-state index contributed by atoms with van der Waals surface area (Å²) in [5.74, 6) is 0.370. The molecule has 0 saturated heterocycles. The third-order valence-corrected chi connectivity index (χ3v) is 4.57. The molecule has 1 atom stereocenters. The van der Waals surface area contributed by atoms with Gasteiger partial charge in [-0.2, -0.15) is 5.10 Å². The van der Waals surface area contributed by atoms with Crippen molar-refractivity contribution in [1.29, 1.82) is 0 Å². The average Bonchev–Trinajstić information content (AvgIpc) is 3.33. The Bertz CT molecular complexity index is 985. The summed E-state index contributed by atoms with van der Waals surface area (Å²) >= 11 is 0. The van der Waals surface area contributed by atoms with Crippen molar-refractivity contribution in [1.82, 2.24) is 10.2 Å². The van der Waals surface area contributed by atoms with Crippen LogP contribution in [0.15, 0.2) is 33.1 Å². The van der Waals surface area contributed by atoms with Crippen molar-refractivity contribution in [2.24, 2.45) is 0 Å². The van der Waals surface area contributed by atoms with Crippen LogP contribution in [0.2, 0.25) is 0 Å². The molecule has 0 bridgehead atoms. The molecule has 26 heavy (non-hydrogen) atoms. The Morgan fingerprint density at radius 2 is 1.85 bits per heavy atom. The Morgan fingerprint density at radius 3 is 2.54 bits per heavy atom. The second-order valence-corrected chi connectivity index (χ2v) is 6.15. The molecule has 1 unspecified atom stereocenters. The lowest BCUT2D eigenvalue weighted by molar-refractivity contribution is -0.402. The Morgan fingerprint density at radius 1 is 1.12 bits per heavy atom. The summed E-state index contributed by atoms with van der Waals surface area (Å²) < 4.78 is 10.5. The molecule has 3 aromatic rings. The minimum atomic E-state index is -0.588. The van der Waals surface area contributed by atoms with Gasteiger partial charge in [0, 0.05) is 23.6 Å². The van der Waals surface area contributed by atoms with Gasteiger partial charge in [0.05, 0.1) is 12.1 Å². The normalized spacial score (nSPS) is 16.4. The summed E-state index contributed by atoms with van der Waals surface area (Å²) in [4.78, 5) is 20.4. The third-order valence-electron chi connectivity index (χ3n) is 4.57.